The molecule has 2 aromatic heterocycles. The Morgan fingerprint density at radius 3 is 2.81 bits per heavy atom. The molecular weight excluding hydrogens is 334 g/mol. The maximum Gasteiger partial charge on any atom is 0.158 e. The monoisotopic (exact) mass is 363 g/mol. The van der Waals surface area contributed by atoms with Gasteiger partial charge in [0.1, 0.15) is 0 Å². The highest BCUT2D eigenvalue weighted by atomic mass is 15.3. The van der Waals surface area contributed by atoms with Crippen molar-refractivity contribution < 1.29 is 0 Å². The fraction of sp³-hybridized carbons (Fsp3) is 0.455. The van der Waals surface area contributed by atoms with Crippen LogP contribution in [0, 0.1) is 6.92 Å². The Balaban J connectivity index is 1.54. The molecule has 0 spiro atoms. The highest BCUT2D eigenvalue weighted by molar-refractivity contribution is 5.78. The first-order valence-corrected chi connectivity index (χ1v) is 9.85. The van der Waals surface area contributed by atoms with Crippen LogP contribution in [0.2, 0.25) is 0 Å². The Morgan fingerprint density at radius 2 is 2.00 bits per heavy atom. The summed E-state index contributed by atoms with van der Waals surface area (Å²) < 4.78 is 2.09. The third-order valence-electron chi connectivity index (χ3n) is 5.61. The van der Waals surface area contributed by atoms with E-state index in [1.807, 2.05) is 12.3 Å². The van der Waals surface area contributed by atoms with Crippen LogP contribution < -0.4 is 0 Å². The molecule has 1 aliphatic heterocycles. The van der Waals surface area contributed by atoms with E-state index < -0.39 is 0 Å². The van der Waals surface area contributed by atoms with Crippen molar-refractivity contribution in [2.75, 3.05) is 33.7 Å². The number of benzene rings is 1. The predicted octanol–water partition coefficient (Wildman–Crippen LogP) is 3.29. The summed E-state index contributed by atoms with van der Waals surface area (Å²) in [5, 5.41) is 6.22. The molecule has 0 aliphatic carbocycles. The average Bonchev–Trinajstić information content (AvgIpc) is 3.26. The number of hydrogen-bond donors (Lipinski definition) is 0. The highest BCUT2D eigenvalue weighted by Gasteiger charge is 2.28. The maximum atomic E-state index is 5.00. The number of likely N-dealkylation sites (tertiary alicyclic amines) is 1. The van der Waals surface area contributed by atoms with E-state index in [-0.39, 0.29) is 0 Å². The number of rotatable bonds is 6. The van der Waals surface area contributed by atoms with Crippen molar-refractivity contribution in [1.29, 1.82) is 0 Å². The van der Waals surface area contributed by atoms with Crippen molar-refractivity contribution in [3.8, 4) is 0 Å². The van der Waals surface area contributed by atoms with Crippen LogP contribution in [0.25, 0.3) is 11.0 Å². The molecule has 1 saturated heterocycles. The third-order valence-corrected chi connectivity index (χ3v) is 5.61. The summed E-state index contributed by atoms with van der Waals surface area (Å²) in [6.07, 6.45) is 3.04. The summed E-state index contributed by atoms with van der Waals surface area (Å²) in [6.45, 7) is 7.28. The van der Waals surface area contributed by atoms with Crippen molar-refractivity contribution in [2.45, 2.75) is 32.4 Å². The molecule has 142 valence electrons. The summed E-state index contributed by atoms with van der Waals surface area (Å²) in [5.41, 5.74) is 5.06. The van der Waals surface area contributed by atoms with Gasteiger partial charge in [0, 0.05) is 37.1 Å². The van der Waals surface area contributed by atoms with Crippen LogP contribution in [-0.2, 0) is 13.1 Å². The zero-order valence-electron chi connectivity index (χ0n) is 16.6. The third kappa shape index (κ3) is 3.89. The Morgan fingerprint density at radius 1 is 1.15 bits per heavy atom. The van der Waals surface area contributed by atoms with Crippen LogP contribution in [0.15, 0.2) is 42.6 Å². The van der Waals surface area contributed by atoms with E-state index in [0.29, 0.717) is 5.92 Å². The van der Waals surface area contributed by atoms with Crippen molar-refractivity contribution in [2.24, 2.45) is 0 Å². The zero-order chi connectivity index (χ0) is 18.8. The van der Waals surface area contributed by atoms with Crippen molar-refractivity contribution in [3.05, 3.63) is 59.4 Å². The first-order chi connectivity index (χ1) is 13.1. The minimum absolute atomic E-state index is 0.487. The predicted molar refractivity (Wildman–Crippen MR) is 110 cm³/mol. The molecule has 0 amide bonds. The molecule has 5 heteroatoms. The lowest BCUT2D eigenvalue weighted by Crippen LogP contribution is -2.20. The van der Waals surface area contributed by atoms with E-state index in [1.54, 1.807) is 0 Å². The van der Waals surface area contributed by atoms with Gasteiger partial charge < -0.3 is 4.90 Å². The minimum Gasteiger partial charge on any atom is -0.308 e. The SMILES string of the molecule is Cc1ccccc1CN1CC[C@@H](c2nn(CCN(C)C)c3ncccc23)C1. The molecular formula is C22H29N5. The summed E-state index contributed by atoms with van der Waals surface area (Å²) >= 11 is 0. The lowest BCUT2D eigenvalue weighted by molar-refractivity contribution is 0.325. The lowest BCUT2D eigenvalue weighted by Gasteiger charge is -2.17. The van der Waals surface area contributed by atoms with E-state index in [2.05, 4.69) is 70.8 Å². The molecule has 3 aromatic rings. The number of likely N-dealkylation sites (N-methyl/N-ethyl adjacent to an activating group) is 1. The summed E-state index contributed by atoms with van der Waals surface area (Å²) in [6, 6.07) is 12.9. The number of fused-ring (bicyclic) bond motifs is 1. The van der Waals surface area contributed by atoms with E-state index in [0.717, 1.165) is 38.4 Å². The van der Waals surface area contributed by atoms with Crippen molar-refractivity contribution in [1.82, 2.24) is 24.6 Å². The number of hydrogen-bond acceptors (Lipinski definition) is 4. The van der Waals surface area contributed by atoms with Gasteiger partial charge in [0.15, 0.2) is 5.65 Å². The average molecular weight is 364 g/mol. The Hall–Kier alpha value is -2.24. The van der Waals surface area contributed by atoms with Gasteiger partial charge in [-0.25, -0.2) is 9.67 Å². The molecule has 0 N–H and O–H groups in total. The van der Waals surface area contributed by atoms with Crippen LogP contribution in [0.3, 0.4) is 0 Å². The van der Waals surface area contributed by atoms with E-state index in [1.165, 1.54) is 28.6 Å². The molecule has 3 heterocycles. The number of pyridine rings is 1. The molecule has 27 heavy (non-hydrogen) atoms. The molecule has 0 unspecified atom stereocenters. The van der Waals surface area contributed by atoms with Gasteiger partial charge in [-0.1, -0.05) is 24.3 Å². The van der Waals surface area contributed by atoms with Gasteiger partial charge in [0.25, 0.3) is 0 Å². The van der Waals surface area contributed by atoms with Crippen LogP contribution >= 0.6 is 0 Å². The van der Waals surface area contributed by atoms with Crippen LogP contribution in [0.5, 0.6) is 0 Å². The molecule has 4 rings (SSSR count). The van der Waals surface area contributed by atoms with Gasteiger partial charge in [0.05, 0.1) is 12.2 Å². The van der Waals surface area contributed by atoms with Crippen LogP contribution in [0.4, 0.5) is 0 Å². The Kier molecular flexibility index (Phi) is 5.23. The summed E-state index contributed by atoms with van der Waals surface area (Å²) in [5.74, 6) is 0.487. The standard InChI is InChI=1S/C22H29N5/c1-17-7-4-5-8-18(17)15-26-12-10-19(16-26)21-20-9-6-11-23-22(20)27(24-21)14-13-25(2)3/h4-9,11,19H,10,12-16H2,1-3H3/t19-/m1/s1. The van der Waals surface area contributed by atoms with Crippen molar-refractivity contribution in [3.63, 3.8) is 0 Å². The number of aromatic nitrogens is 3. The van der Waals surface area contributed by atoms with Crippen LogP contribution in [-0.4, -0.2) is 58.3 Å². The normalized spacial score (nSPS) is 18.0. The van der Waals surface area contributed by atoms with Gasteiger partial charge in [-0.3, -0.25) is 4.90 Å². The summed E-state index contributed by atoms with van der Waals surface area (Å²) in [7, 11) is 4.20. The largest absolute Gasteiger partial charge is 0.308 e. The van der Waals surface area contributed by atoms with Gasteiger partial charge in [-0.15, -0.1) is 0 Å². The number of aryl methyl sites for hydroxylation is 1. The highest BCUT2D eigenvalue weighted by Crippen LogP contribution is 2.32. The van der Waals surface area contributed by atoms with Crippen molar-refractivity contribution >= 4 is 11.0 Å². The quantitative estimate of drug-likeness (QED) is 0.673. The zero-order valence-corrected chi connectivity index (χ0v) is 16.6. The van der Waals surface area contributed by atoms with Gasteiger partial charge in [-0.2, -0.15) is 5.10 Å². The Labute approximate surface area is 161 Å². The van der Waals surface area contributed by atoms with Gasteiger partial charge in [-0.05, 0) is 57.2 Å². The summed E-state index contributed by atoms with van der Waals surface area (Å²) in [4.78, 5) is 9.37. The second-order valence-corrected chi connectivity index (χ2v) is 7.93. The molecule has 1 fully saturated rings. The second kappa shape index (κ2) is 7.79. The topological polar surface area (TPSA) is 37.2 Å². The maximum absolute atomic E-state index is 5.00. The second-order valence-electron chi connectivity index (χ2n) is 7.93. The smallest absolute Gasteiger partial charge is 0.158 e. The van der Waals surface area contributed by atoms with E-state index in [9.17, 15) is 0 Å². The number of nitrogens with zero attached hydrogens (tertiary/aromatic N) is 5. The molecule has 1 aromatic carbocycles. The molecule has 0 radical (unpaired) electrons. The van der Waals surface area contributed by atoms with Gasteiger partial charge >= 0.3 is 0 Å². The molecule has 0 bridgehead atoms. The first kappa shape index (κ1) is 18.1. The molecule has 1 aliphatic rings. The minimum atomic E-state index is 0.487. The van der Waals surface area contributed by atoms with E-state index in [4.69, 9.17) is 5.10 Å². The molecule has 0 saturated carbocycles. The molecule has 5 nitrogen and oxygen atoms in total. The lowest BCUT2D eigenvalue weighted by atomic mass is 10.0. The van der Waals surface area contributed by atoms with E-state index >= 15 is 0 Å². The van der Waals surface area contributed by atoms with Crippen LogP contribution in [0.1, 0.15) is 29.2 Å². The Bertz CT molecular complexity index is 914. The molecule has 1 atom stereocenters. The fourth-order valence-electron chi connectivity index (χ4n) is 4.01. The first-order valence-electron chi connectivity index (χ1n) is 9.85. The fourth-order valence-corrected chi connectivity index (χ4v) is 4.01. The van der Waals surface area contributed by atoms with Gasteiger partial charge in [0.2, 0.25) is 0 Å².